The number of aromatic nitrogens is 1. The predicted octanol–water partition coefficient (Wildman–Crippen LogP) is 1.35. The van der Waals surface area contributed by atoms with Crippen molar-refractivity contribution < 1.29 is 9.90 Å². The van der Waals surface area contributed by atoms with Crippen LogP contribution in [0.5, 0.6) is 0 Å². The van der Waals surface area contributed by atoms with Gasteiger partial charge in [-0.25, -0.2) is 4.79 Å². The average Bonchev–Trinajstić information content (AvgIpc) is 2.89. The Kier molecular flexibility index (Phi) is 1.88. The molecule has 0 unspecified atom stereocenters. The van der Waals surface area contributed by atoms with Crippen LogP contribution in [0.2, 0.25) is 0 Å². The number of hydrogen-bond acceptors (Lipinski definition) is 3. The molecule has 1 saturated carbocycles. The molecule has 0 atom stereocenters. The molecule has 1 aliphatic carbocycles. The van der Waals surface area contributed by atoms with E-state index in [-0.39, 0.29) is 5.56 Å². The molecule has 1 aliphatic rings. The molecule has 1 fully saturated rings. The lowest BCUT2D eigenvalue weighted by Crippen LogP contribution is -2.07. The van der Waals surface area contributed by atoms with Gasteiger partial charge in [-0.1, -0.05) is 0 Å². The van der Waals surface area contributed by atoms with Crippen molar-refractivity contribution in [3.05, 3.63) is 24.0 Å². The molecule has 0 aliphatic heterocycles. The summed E-state index contributed by atoms with van der Waals surface area (Å²) >= 11 is 0. The van der Waals surface area contributed by atoms with Gasteiger partial charge in [0.2, 0.25) is 0 Å². The van der Waals surface area contributed by atoms with Crippen LogP contribution in [-0.4, -0.2) is 22.1 Å². The minimum absolute atomic E-state index is 0.245. The number of rotatable bonds is 3. The molecule has 2 rings (SSSR count). The van der Waals surface area contributed by atoms with Gasteiger partial charge >= 0.3 is 5.97 Å². The highest BCUT2D eigenvalue weighted by Gasteiger charge is 2.22. The van der Waals surface area contributed by atoms with Crippen molar-refractivity contribution >= 4 is 11.7 Å². The fraction of sp³-hybridized carbons (Fsp3) is 0.333. The first-order valence-electron chi connectivity index (χ1n) is 4.21. The monoisotopic (exact) mass is 178 g/mol. The van der Waals surface area contributed by atoms with Crippen LogP contribution < -0.4 is 5.32 Å². The number of aromatic carboxylic acids is 1. The summed E-state index contributed by atoms with van der Waals surface area (Å²) < 4.78 is 0. The summed E-state index contributed by atoms with van der Waals surface area (Å²) in [6.45, 7) is 0. The number of nitrogens with one attached hydrogen (secondary N) is 1. The standard InChI is InChI=1S/C9H10N2O2/c12-9(13)7-5-10-4-3-8(7)11-6-1-2-6/h3-6H,1-2H2,(H,10,11)(H,12,13). The van der Waals surface area contributed by atoms with E-state index >= 15 is 0 Å². The first kappa shape index (κ1) is 8.04. The first-order chi connectivity index (χ1) is 6.27. The summed E-state index contributed by atoms with van der Waals surface area (Å²) in [5.74, 6) is -0.934. The van der Waals surface area contributed by atoms with Crippen molar-refractivity contribution in [3.63, 3.8) is 0 Å². The van der Waals surface area contributed by atoms with Gasteiger partial charge in [0, 0.05) is 18.4 Å². The van der Waals surface area contributed by atoms with Crippen LogP contribution in [0.4, 0.5) is 5.69 Å². The number of carboxylic acid groups (broad SMARTS) is 1. The zero-order valence-electron chi connectivity index (χ0n) is 7.03. The van der Waals surface area contributed by atoms with Gasteiger partial charge in [-0.3, -0.25) is 4.98 Å². The molecule has 1 aromatic rings. The smallest absolute Gasteiger partial charge is 0.339 e. The van der Waals surface area contributed by atoms with Gasteiger partial charge in [-0.05, 0) is 18.9 Å². The second kappa shape index (κ2) is 3.05. The minimum Gasteiger partial charge on any atom is -0.478 e. The molecule has 1 aromatic heterocycles. The Bertz CT molecular complexity index is 334. The van der Waals surface area contributed by atoms with Crippen LogP contribution in [-0.2, 0) is 0 Å². The summed E-state index contributed by atoms with van der Waals surface area (Å²) in [6, 6.07) is 2.15. The molecule has 0 bridgehead atoms. The summed E-state index contributed by atoms with van der Waals surface area (Å²) in [5.41, 5.74) is 0.916. The molecule has 0 aromatic carbocycles. The number of nitrogens with zero attached hydrogens (tertiary/aromatic N) is 1. The first-order valence-corrected chi connectivity index (χ1v) is 4.21. The Morgan fingerprint density at radius 2 is 2.38 bits per heavy atom. The van der Waals surface area contributed by atoms with Crippen LogP contribution >= 0.6 is 0 Å². The van der Waals surface area contributed by atoms with Gasteiger partial charge in [0.1, 0.15) is 5.56 Å². The molecule has 13 heavy (non-hydrogen) atoms. The van der Waals surface area contributed by atoms with Crippen LogP contribution in [0.3, 0.4) is 0 Å². The van der Waals surface area contributed by atoms with E-state index in [1.165, 1.54) is 6.20 Å². The quantitative estimate of drug-likeness (QED) is 0.733. The Hall–Kier alpha value is -1.58. The normalized spacial score (nSPS) is 15.4. The van der Waals surface area contributed by atoms with Gasteiger partial charge in [0.25, 0.3) is 0 Å². The molecule has 0 saturated heterocycles. The van der Waals surface area contributed by atoms with Crippen molar-refractivity contribution in [1.29, 1.82) is 0 Å². The molecule has 68 valence electrons. The van der Waals surface area contributed by atoms with Gasteiger partial charge in [0.15, 0.2) is 0 Å². The molecular formula is C9H10N2O2. The van der Waals surface area contributed by atoms with E-state index in [9.17, 15) is 4.79 Å². The topological polar surface area (TPSA) is 62.2 Å². The molecule has 4 heteroatoms. The number of anilines is 1. The van der Waals surface area contributed by atoms with Crippen molar-refractivity contribution in [3.8, 4) is 0 Å². The Morgan fingerprint density at radius 1 is 1.62 bits per heavy atom. The van der Waals surface area contributed by atoms with E-state index in [1.54, 1.807) is 12.3 Å². The number of carboxylic acids is 1. The zero-order valence-corrected chi connectivity index (χ0v) is 7.03. The molecule has 0 amide bonds. The lowest BCUT2D eigenvalue weighted by Gasteiger charge is -2.06. The van der Waals surface area contributed by atoms with Crippen LogP contribution in [0, 0.1) is 0 Å². The maximum atomic E-state index is 10.7. The maximum Gasteiger partial charge on any atom is 0.339 e. The van der Waals surface area contributed by atoms with Crippen molar-refractivity contribution in [2.75, 3.05) is 5.32 Å². The Balaban J connectivity index is 2.25. The Morgan fingerprint density at radius 3 is 3.00 bits per heavy atom. The predicted molar refractivity (Wildman–Crippen MR) is 47.8 cm³/mol. The molecule has 1 heterocycles. The van der Waals surface area contributed by atoms with E-state index in [0.717, 1.165) is 12.8 Å². The average molecular weight is 178 g/mol. The highest BCUT2D eigenvalue weighted by Crippen LogP contribution is 2.26. The van der Waals surface area contributed by atoms with E-state index in [2.05, 4.69) is 10.3 Å². The van der Waals surface area contributed by atoms with Crippen LogP contribution in [0.15, 0.2) is 18.5 Å². The van der Waals surface area contributed by atoms with Crippen LogP contribution in [0.1, 0.15) is 23.2 Å². The molecule has 0 radical (unpaired) electrons. The van der Waals surface area contributed by atoms with E-state index in [1.807, 2.05) is 0 Å². The fourth-order valence-corrected chi connectivity index (χ4v) is 1.14. The third-order valence-electron chi connectivity index (χ3n) is 1.99. The van der Waals surface area contributed by atoms with Crippen molar-refractivity contribution in [2.45, 2.75) is 18.9 Å². The van der Waals surface area contributed by atoms with Crippen molar-refractivity contribution in [2.24, 2.45) is 0 Å². The van der Waals surface area contributed by atoms with Gasteiger partial charge in [-0.2, -0.15) is 0 Å². The van der Waals surface area contributed by atoms with Gasteiger partial charge in [0.05, 0.1) is 5.69 Å². The lowest BCUT2D eigenvalue weighted by atomic mass is 10.2. The summed E-state index contributed by atoms with van der Waals surface area (Å²) in [5, 5.41) is 12.0. The van der Waals surface area contributed by atoms with Crippen molar-refractivity contribution in [1.82, 2.24) is 4.98 Å². The second-order valence-corrected chi connectivity index (χ2v) is 3.15. The molecule has 2 N–H and O–H groups in total. The SMILES string of the molecule is O=C(O)c1cnccc1NC1CC1. The van der Waals surface area contributed by atoms with Crippen LogP contribution in [0.25, 0.3) is 0 Å². The molecule has 4 nitrogen and oxygen atoms in total. The molecular weight excluding hydrogens is 168 g/mol. The third kappa shape index (κ3) is 1.77. The van der Waals surface area contributed by atoms with E-state index in [4.69, 9.17) is 5.11 Å². The highest BCUT2D eigenvalue weighted by molar-refractivity contribution is 5.93. The summed E-state index contributed by atoms with van der Waals surface area (Å²) in [4.78, 5) is 14.5. The second-order valence-electron chi connectivity index (χ2n) is 3.15. The number of hydrogen-bond donors (Lipinski definition) is 2. The molecule has 0 spiro atoms. The van der Waals surface area contributed by atoms with Gasteiger partial charge < -0.3 is 10.4 Å². The zero-order chi connectivity index (χ0) is 9.26. The van der Waals surface area contributed by atoms with Gasteiger partial charge in [-0.15, -0.1) is 0 Å². The van der Waals surface area contributed by atoms with E-state index < -0.39 is 5.97 Å². The number of pyridine rings is 1. The highest BCUT2D eigenvalue weighted by atomic mass is 16.4. The lowest BCUT2D eigenvalue weighted by molar-refractivity contribution is 0.0697. The minimum atomic E-state index is -0.934. The van der Waals surface area contributed by atoms with E-state index in [0.29, 0.717) is 11.7 Å². The largest absolute Gasteiger partial charge is 0.478 e. The summed E-state index contributed by atoms with van der Waals surface area (Å²) in [6.07, 6.45) is 5.22. The number of carbonyl (C=O) groups is 1. The fourth-order valence-electron chi connectivity index (χ4n) is 1.14. The Labute approximate surface area is 75.6 Å². The summed E-state index contributed by atoms with van der Waals surface area (Å²) in [7, 11) is 0. The third-order valence-corrected chi connectivity index (χ3v) is 1.99. The maximum absolute atomic E-state index is 10.7.